The molecule has 5 nitrogen and oxygen atoms in total. The number of ether oxygens (including phenoxy) is 1. The van der Waals surface area contributed by atoms with Crippen LogP contribution in [0.5, 0.6) is 5.75 Å². The average Bonchev–Trinajstić information content (AvgIpc) is 3.32. The summed E-state index contributed by atoms with van der Waals surface area (Å²) < 4.78 is 20.3. The summed E-state index contributed by atoms with van der Waals surface area (Å²) in [5.74, 6) is -0.576. The normalized spacial score (nSPS) is 15.0. The Hall–Kier alpha value is -2.90. The van der Waals surface area contributed by atoms with Gasteiger partial charge < -0.3 is 14.5 Å². The van der Waals surface area contributed by atoms with E-state index in [2.05, 4.69) is 0 Å². The number of hydrogen-bond acceptors (Lipinski definition) is 4. The minimum Gasteiger partial charge on any atom is -0.491 e. The van der Waals surface area contributed by atoms with Gasteiger partial charge in [-0.25, -0.2) is 4.39 Å². The highest BCUT2D eigenvalue weighted by Gasteiger charge is 2.33. The van der Waals surface area contributed by atoms with E-state index in [1.54, 1.807) is 52.6 Å². The van der Waals surface area contributed by atoms with Gasteiger partial charge in [0.25, 0.3) is 5.91 Å². The summed E-state index contributed by atoms with van der Waals surface area (Å²) in [6, 6.07) is 14.7. The molecule has 178 valence electrons. The van der Waals surface area contributed by atoms with Crippen molar-refractivity contribution in [3.8, 4) is 5.75 Å². The second kappa shape index (κ2) is 11.0. The molecule has 2 heterocycles. The molecular formula is C26H26ClFN2O3S. The summed E-state index contributed by atoms with van der Waals surface area (Å²) in [4.78, 5) is 31.0. The molecular weight excluding hydrogens is 475 g/mol. The maximum atomic E-state index is 14.2. The predicted octanol–water partition coefficient (Wildman–Crippen LogP) is 5.60. The molecule has 0 spiro atoms. The summed E-state index contributed by atoms with van der Waals surface area (Å²) >= 11 is 7.64. The Morgan fingerprint density at radius 3 is 2.68 bits per heavy atom. The Bertz CT molecular complexity index is 1150. The van der Waals surface area contributed by atoms with E-state index in [9.17, 15) is 14.0 Å². The number of fused-ring (bicyclic) bond motifs is 1. The topological polar surface area (TPSA) is 49.9 Å². The minimum atomic E-state index is -0.587. The molecule has 0 N–H and O–H groups in total. The predicted molar refractivity (Wildman–Crippen MR) is 132 cm³/mol. The largest absolute Gasteiger partial charge is 0.491 e. The lowest BCUT2D eigenvalue weighted by Gasteiger charge is -2.37. The Labute approximate surface area is 207 Å². The van der Waals surface area contributed by atoms with Gasteiger partial charge in [-0.2, -0.15) is 0 Å². The van der Waals surface area contributed by atoms with Gasteiger partial charge in [0.2, 0.25) is 5.91 Å². The number of nitrogens with zero attached hydrogens (tertiary/aromatic N) is 2. The van der Waals surface area contributed by atoms with Crippen LogP contribution in [0.25, 0.3) is 0 Å². The highest BCUT2D eigenvalue weighted by Crippen LogP contribution is 2.34. The molecule has 2 aromatic carbocycles. The second-order valence-electron chi connectivity index (χ2n) is 8.12. The van der Waals surface area contributed by atoms with Crippen molar-refractivity contribution in [2.45, 2.75) is 25.8 Å². The average molecular weight is 501 g/mol. The van der Waals surface area contributed by atoms with E-state index >= 15 is 0 Å². The number of benzene rings is 2. The van der Waals surface area contributed by atoms with Crippen molar-refractivity contribution in [2.75, 3.05) is 26.2 Å². The SMILES string of the molecule is CCCN(CC(=O)N1CCc2sccc2C1COc1ccc(Cl)cc1)C(=O)c1ccccc1F. The van der Waals surface area contributed by atoms with E-state index < -0.39 is 11.7 Å². The summed E-state index contributed by atoms with van der Waals surface area (Å²) in [5, 5.41) is 2.65. The zero-order valence-corrected chi connectivity index (χ0v) is 20.4. The standard InChI is InChI=1S/C26H26ClFN2O3S/c1-2-13-29(26(32)20-5-3-4-6-22(20)28)16-25(31)30-14-11-24-21(12-15-34-24)23(30)17-33-19-9-7-18(27)8-10-19/h3-10,12,15,23H,2,11,13-14,16-17H2,1H3. The van der Waals surface area contributed by atoms with Crippen LogP contribution in [-0.2, 0) is 11.2 Å². The van der Waals surface area contributed by atoms with Crippen LogP contribution in [0.15, 0.2) is 60.0 Å². The molecule has 1 aromatic heterocycles. The third kappa shape index (κ3) is 5.42. The van der Waals surface area contributed by atoms with Crippen molar-refractivity contribution in [1.29, 1.82) is 0 Å². The number of carbonyl (C=O) groups is 2. The Morgan fingerprint density at radius 2 is 1.94 bits per heavy atom. The third-order valence-electron chi connectivity index (χ3n) is 5.85. The van der Waals surface area contributed by atoms with E-state index in [0.717, 1.165) is 12.0 Å². The number of amides is 2. The lowest BCUT2D eigenvalue weighted by atomic mass is 10.0. The molecule has 3 aromatic rings. The zero-order chi connectivity index (χ0) is 24.1. The molecule has 34 heavy (non-hydrogen) atoms. The van der Waals surface area contributed by atoms with Gasteiger partial charge in [-0.15, -0.1) is 11.3 Å². The molecule has 1 atom stereocenters. The molecule has 1 unspecified atom stereocenters. The van der Waals surface area contributed by atoms with Gasteiger partial charge in [0, 0.05) is 23.0 Å². The van der Waals surface area contributed by atoms with Crippen molar-refractivity contribution in [3.05, 3.63) is 86.8 Å². The Balaban J connectivity index is 1.52. The van der Waals surface area contributed by atoms with Gasteiger partial charge in [0.15, 0.2) is 0 Å². The maximum Gasteiger partial charge on any atom is 0.257 e. The molecule has 0 saturated heterocycles. The fraction of sp³-hybridized carbons (Fsp3) is 0.308. The first-order valence-corrected chi connectivity index (χ1v) is 12.5. The zero-order valence-electron chi connectivity index (χ0n) is 18.9. The summed E-state index contributed by atoms with van der Waals surface area (Å²) in [5.41, 5.74) is 1.05. The molecule has 2 amide bonds. The monoisotopic (exact) mass is 500 g/mol. The number of halogens is 2. The summed E-state index contributed by atoms with van der Waals surface area (Å²) in [6.07, 6.45) is 1.41. The molecule has 4 rings (SSSR count). The van der Waals surface area contributed by atoms with Crippen LogP contribution in [0.4, 0.5) is 4.39 Å². The molecule has 0 fully saturated rings. The van der Waals surface area contributed by atoms with Crippen LogP contribution < -0.4 is 4.74 Å². The Kier molecular flexibility index (Phi) is 7.85. The number of hydrogen-bond donors (Lipinski definition) is 0. The van der Waals surface area contributed by atoms with Gasteiger partial charge in [-0.1, -0.05) is 30.7 Å². The highest BCUT2D eigenvalue weighted by molar-refractivity contribution is 7.10. The van der Waals surface area contributed by atoms with Crippen molar-refractivity contribution in [3.63, 3.8) is 0 Å². The molecule has 8 heteroatoms. The lowest BCUT2D eigenvalue weighted by Crippen LogP contribution is -2.48. The van der Waals surface area contributed by atoms with Crippen molar-refractivity contribution < 1.29 is 18.7 Å². The van der Waals surface area contributed by atoms with Crippen LogP contribution in [0.3, 0.4) is 0 Å². The van der Waals surface area contributed by atoms with Crippen LogP contribution in [0.2, 0.25) is 5.02 Å². The van der Waals surface area contributed by atoms with Crippen LogP contribution in [0, 0.1) is 5.82 Å². The lowest BCUT2D eigenvalue weighted by molar-refractivity contribution is -0.135. The van der Waals surface area contributed by atoms with E-state index in [-0.39, 0.29) is 30.7 Å². The first-order chi connectivity index (χ1) is 16.5. The summed E-state index contributed by atoms with van der Waals surface area (Å²) in [6.45, 7) is 2.99. The van der Waals surface area contributed by atoms with Gasteiger partial charge >= 0.3 is 0 Å². The first-order valence-electron chi connectivity index (χ1n) is 11.3. The Morgan fingerprint density at radius 1 is 1.18 bits per heavy atom. The van der Waals surface area contributed by atoms with Crippen molar-refractivity contribution in [1.82, 2.24) is 9.80 Å². The van der Waals surface area contributed by atoms with E-state index in [1.807, 2.05) is 18.4 Å². The molecule has 1 aliphatic rings. The van der Waals surface area contributed by atoms with E-state index in [0.29, 0.717) is 30.3 Å². The molecule has 1 aliphatic heterocycles. The fourth-order valence-electron chi connectivity index (χ4n) is 4.16. The van der Waals surface area contributed by atoms with Gasteiger partial charge in [0.05, 0.1) is 11.6 Å². The number of carbonyl (C=O) groups excluding carboxylic acids is 2. The smallest absolute Gasteiger partial charge is 0.257 e. The summed E-state index contributed by atoms with van der Waals surface area (Å²) in [7, 11) is 0. The quantitative estimate of drug-likeness (QED) is 0.404. The third-order valence-corrected chi connectivity index (χ3v) is 7.10. The number of rotatable bonds is 8. The highest BCUT2D eigenvalue weighted by atomic mass is 35.5. The molecule has 0 saturated carbocycles. The van der Waals surface area contributed by atoms with E-state index in [1.165, 1.54) is 21.9 Å². The first kappa shape index (κ1) is 24.2. The van der Waals surface area contributed by atoms with Crippen molar-refractivity contribution in [2.24, 2.45) is 0 Å². The van der Waals surface area contributed by atoms with Gasteiger partial charge in [0.1, 0.15) is 24.7 Å². The second-order valence-corrected chi connectivity index (χ2v) is 9.56. The molecule has 0 bridgehead atoms. The van der Waals surface area contributed by atoms with E-state index in [4.69, 9.17) is 16.3 Å². The molecule has 0 aliphatic carbocycles. The fourth-order valence-corrected chi connectivity index (χ4v) is 5.22. The molecule has 0 radical (unpaired) electrons. The maximum absolute atomic E-state index is 14.2. The van der Waals surface area contributed by atoms with Gasteiger partial charge in [-0.3, -0.25) is 9.59 Å². The minimum absolute atomic E-state index is 0.0230. The van der Waals surface area contributed by atoms with Crippen LogP contribution in [0.1, 0.15) is 40.2 Å². The van der Waals surface area contributed by atoms with Gasteiger partial charge in [-0.05, 0) is 66.2 Å². The number of thiophene rings is 1. The van der Waals surface area contributed by atoms with Crippen LogP contribution in [-0.4, -0.2) is 47.9 Å². The van der Waals surface area contributed by atoms with Crippen LogP contribution >= 0.6 is 22.9 Å². The van der Waals surface area contributed by atoms with Crippen molar-refractivity contribution >= 4 is 34.8 Å².